The number of benzene rings is 1. The third-order valence-electron chi connectivity index (χ3n) is 4.58. The zero-order chi connectivity index (χ0) is 13.2. The van der Waals surface area contributed by atoms with Crippen molar-refractivity contribution in [2.75, 3.05) is 31.1 Å². The first-order chi connectivity index (χ1) is 9.28. The fraction of sp³-hybridized carbons (Fsp3) is 0.625. The van der Waals surface area contributed by atoms with E-state index in [1.807, 2.05) is 0 Å². The van der Waals surface area contributed by atoms with Crippen LogP contribution < -0.4 is 4.90 Å². The van der Waals surface area contributed by atoms with Gasteiger partial charge in [-0.25, -0.2) is 0 Å². The van der Waals surface area contributed by atoms with E-state index in [-0.39, 0.29) is 0 Å². The van der Waals surface area contributed by atoms with Crippen LogP contribution in [0.4, 0.5) is 5.69 Å². The lowest BCUT2D eigenvalue weighted by atomic mass is 10.1. The van der Waals surface area contributed by atoms with Gasteiger partial charge in [-0.3, -0.25) is 4.90 Å². The highest BCUT2D eigenvalue weighted by Gasteiger charge is 2.29. The second kappa shape index (κ2) is 5.84. The quantitative estimate of drug-likeness (QED) is 0.785. The van der Waals surface area contributed by atoms with Crippen LogP contribution in [0.15, 0.2) is 18.2 Å². The largest absolute Gasteiger partial charge is 0.370 e. The first-order valence-electron chi connectivity index (χ1n) is 7.42. The van der Waals surface area contributed by atoms with E-state index >= 15 is 0 Å². The van der Waals surface area contributed by atoms with Gasteiger partial charge in [-0.05, 0) is 56.5 Å². The SMILES string of the molecule is Cc1cc(CBr)ccc1N1CCC(N2CCCC2)C1. The van der Waals surface area contributed by atoms with Crippen molar-refractivity contribution < 1.29 is 0 Å². The van der Waals surface area contributed by atoms with Gasteiger partial charge in [-0.1, -0.05) is 28.1 Å². The van der Waals surface area contributed by atoms with Crippen molar-refractivity contribution in [2.45, 2.75) is 37.6 Å². The Morgan fingerprint density at radius 2 is 2.00 bits per heavy atom. The van der Waals surface area contributed by atoms with Crippen LogP contribution in [0.25, 0.3) is 0 Å². The summed E-state index contributed by atoms with van der Waals surface area (Å²) in [6.07, 6.45) is 4.13. The van der Waals surface area contributed by atoms with Crippen LogP contribution in [-0.4, -0.2) is 37.1 Å². The Balaban J connectivity index is 1.70. The number of halogens is 1. The zero-order valence-electron chi connectivity index (χ0n) is 11.7. The Morgan fingerprint density at radius 1 is 1.21 bits per heavy atom. The maximum Gasteiger partial charge on any atom is 0.0396 e. The molecule has 19 heavy (non-hydrogen) atoms. The summed E-state index contributed by atoms with van der Waals surface area (Å²) >= 11 is 3.53. The molecular formula is C16H23BrN2. The highest BCUT2D eigenvalue weighted by molar-refractivity contribution is 9.08. The van der Waals surface area contributed by atoms with E-state index in [2.05, 4.69) is 50.9 Å². The van der Waals surface area contributed by atoms with Crippen LogP contribution in [-0.2, 0) is 5.33 Å². The van der Waals surface area contributed by atoms with Crippen LogP contribution in [0.3, 0.4) is 0 Å². The Labute approximate surface area is 124 Å². The van der Waals surface area contributed by atoms with Gasteiger partial charge in [0.25, 0.3) is 0 Å². The summed E-state index contributed by atoms with van der Waals surface area (Å²) in [7, 11) is 0. The van der Waals surface area contributed by atoms with E-state index in [0.717, 1.165) is 11.4 Å². The Kier molecular flexibility index (Phi) is 4.13. The summed E-state index contributed by atoms with van der Waals surface area (Å²) in [6.45, 7) is 7.31. The first-order valence-corrected chi connectivity index (χ1v) is 8.54. The number of rotatable bonds is 3. The number of hydrogen-bond donors (Lipinski definition) is 0. The second-order valence-corrected chi connectivity index (χ2v) is 6.45. The van der Waals surface area contributed by atoms with E-state index < -0.39 is 0 Å². The molecule has 0 aromatic heterocycles. The molecule has 3 rings (SSSR count). The van der Waals surface area contributed by atoms with E-state index in [4.69, 9.17) is 0 Å². The molecule has 0 amide bonds. The van der Waals surface area contributed by atoms with Crippen LogP contribution in [0.1, 0.15) is 30.4 Å². The van der Waals surface area contributed by atoms with Gasteiger partial charge >= 0.3 is 0 Å². The first kappa shape index (κ1) is 13.4. The maximum atomic E-state index is 3.53. The van der Waals surface area contributed by atoms with Gasteiger partial charge in [-0.15, -0.1) is 0 Å². The minimum atomic E-state index is 0.790. The summed E-state index contributed by atoms with van der Waals surface area (Å²) in [5, 5.41) is 0.949. The van der Waals surface area contributed by atoms with E-state index in [9.17, 15) is 0 Å². The van der Waals surface area contributed by atoms with E-state index in [1.54, 1.807) is 0 Å². The lowest BCUT2D eigenvalue weighted by Crippen LogP contribution is -2.35. The van der Waals surface area contributed by atoms with Gasteiger partial charge < -0.3 is 4.90 Å². The van der Waals surface area contributed by atoms with Gasteiger partial charge in [0.2, 0.25) is 0 Å². The molecule has 1 unspecified atom stereocenters. The molecule has 1 aromatic carbocycles. The van der Waals surface area contributed by atoms with Crippen molar-refractivity contribution >= 4 is 21.6 Å². The fourth-order valence-corrected chi connectivity index (χ4v) is 3.87. The predicted octanol–water partition coefficient (Wildman–Crippen LogP) is 3.56. The molecule has 2 heterocycles. The lowest BCUT2D eigenvalue weighted by molar-refractivity contribution is 0.260. The molecule has 0 spiro atoms. The molecule has 0 N–H and O–H groups in total. The standard InChI is InChI=1S/C16H23BrN2/c1-13-10-14(11-17)4-5-16(13)19-9-6-15(12-19)18-7-2-3-8-18/h4-5,10,15H,2-3,6-9,11-12H2,1H3. The number of likely N-dealkylation sites (tertiary alicyclic amines) is 1. The van der Waals surface area contributed by atoms with Crippen LogP contribution in [0.2, 0.25) is 0 Å². The third-order valence-corrected chi connectivity index (χ3v) is 5.22. The van der Waals surface area contributed by atoms with Gasteiger partial charge in [0.1, 0.15) is 0 Å². The molecule has 2 aliphatic heterocycles. The summed E-state index contributed by atoms with van der Waals surface area (Å²) in [4.78, 5) is 5.28. The highest BCUT2D eigenvalue weighted by Crippen LogP contribution is 2.28. The molecule has 3 heteroatoms. The van der Waals surface area contributed by atoms with Crippen molar-refractivity contribution in [2.24, 2.45) is 0 Å². The maximum absolute atomic E-state index is 3.53. The minimum absolute atomic E-state index is 0.790. The number of nitrogens with zero attached hydrogens (tertiary/aromatic N) is 2. The average Bonchev–Trinajstić information content (AvgIpc) is 3.09. The smallest absolute Gasteiger partial charge is 0.0396 e. The fourth-order valence-electron chi connectivity index (χ4n) is 3.52. The topological polar surface area (TPSA) is 6.48 Å². The molecule has 2 fully saturated rings. The molecule has 0 aliphatic carbocycles. The number of aryl methyl sites for hydroxylation is 1. The molecule has 0 bridgehead atoms. The van der Waals surface area contributed by atoms with Crippen LogP contribution in [0, 0.1) is 6.92 Å². The van der Waals surface area contributed by atoms with Crippen molar-refractivity contribution in [1.29, 1.82) is 0 Å². The summed E-state index contributed by atoms with van der Waals surface area (Å²) in [5.74, 6) is 0. The molecule has 1 atom stereocenters. The van der Waals surface area contributed by atoms with Crippen molar-refractivity contribution in [3.8, 4) is 0 Å². The highest BCUT2D eigenvalue weighted by atomic mass is 79.9. The van der Waals surface area contributed by atoms with Gasteiger partial charge in [0.15, 0.2) is 0 Å². The molecule has 2 nitrogen and oxygen atoms in total. The van der Waals surface area contributed by atoms with Gasteiger partial charge in [0, 0.05) is 30.1 Å². The molecule has 0 saturated carbocycles. The van der Waals surface area contributed by atoms with Crippen LogP contribution >= 0.6 is 15.9 Å². The van der Waals surface area contributed by atoms with Gasteiger partial charge in [0.05, 0.1) is 0 Å². The zero-order valence-corrected chi connectivity index (χ0v) is 13.3. The second-order valence-electron chi connectivity index (χ2n) is 5.89. The predicted molar refractivity (Wildman–Crippen MR) is 85.2 cm³/mol. The summed E-state index contributed by atoms with van der Waals surface area (Å²) in [6, 6.07) is 7.66. The lowest BCUT2D eigenvalue weighted by Gasteiger charge is -2.25. The molecule has 104 valence electrons. The average molecular weight is 323 g/mol. The number of hydrogen-bond acceptors (Lipinski definition) is 2. The number of alkyl halides is 1. The van der Waals surface area contributed by atoms with E-state index in [1.165, 1.54) is 62.3 Å². The monoisotopic (exact) mass is 322 g/mol. The third kappa shape index (κ3) is 2.82. The Hall–Kier alpha value is -0.540. The minimum Gasteiger partial charge on any atom is -0.370 e. The van der Waals surface area contributed by atoms with Crippen molar-refractivity contribution in [3.05, 3.63) is 29.3 Å². The number of anilines is 1. The van der Waals surface area contributed by atoms with E-state index in [0.29, 0.717) is 0 Å². The molecule has 2 saturated heterocycles. The molecular weight excluding hydrogens is 300 g/mol. The normalized spacial score (nSPS) is 24.3. The molecule has 0 radical (unpaired) electrons. The van der Waals surface area contributed by atoms with Crippen molar-refractivity contribution in [3.63, 3.8) is 0 Å². The molecule has 1 aromatic rings. The van der Waals surface area contributed by atoms with Crippen molar-refractivity contribution in [1.82, 2.24) is 4.90 Å². The summed E-state index contributed by atoms with van der Waals surface area (Å²) < 4.78 is 0. The van der Waals surface area contributed by atoms with Crippen LogP contribution in [0.5, 0.6) is 0 Å². The van der Waals surface area contributed by atoms with Gasteiger partial charge in [-0.2, -0.15) is 0 Å². The Morgan fingerprint density at radius 3 is 2.68 bits per heavy atom. The molecule has 2 aliphatic rings. The summed E-state index contributed by atoms with van der Waals surface area (Å²) in [5.41, 5.74) is 4.22. The Bertz CT molecular complexity index is 440.